The van der Waals surface area contributed by atoms with Gasteiger partial charge < -0.3 is 4.74 Å². The fraction of sp³-hybridized carbons (Fsp3) is 0.214. The highest BCUT2D eigenvalue weighted by atomic mass is 16.5. The number of rotatable bonds is 3. The van der Waals surface area contributed by atoms with Gasteiger partial charge in [0.2, 0.25) is 0 Å². The molecule has 2 aromatic rings. The third-order valence-corrected chi connectivity index (χ3v) is 2.46. The summed E-state index contributed by atoms with van der Waals surface area (Å²) in [6.45, 7) is 4.02. The van der Waals surface area contributed by atoms with E-state index in [1.54, 1.807) is 25.3 Å². The Morgan fingerprint density at radius 2 is 2.06 bits per heavy atom. The van der Waals surface area contributed by atoms with Crippen molar-refractivity contribution >= 4 is 5.97 Å². The lowest BCUT2D eigenvalue weighted by atomic mass is 10.1. The fourth-order valence-electron chi connectivity index (χ4n) is 1.64. The minimum atomic E-state index is -0.349. The Kier molecular flexibility index (Phi) is 3.67. The standard InChI is InChI=1S/C14H14N2O2/c1-3-18-14(17)12-7-5-4-6-11(12)13-15-9-8-10(2)16-13/h4-9H,3H2,1-2H3. The number of esters is 1. The number of benzene rings is 1. The van der Waals surface area contributed by atoms with Gasteiger partial charge in [-0.2, -0.15) is 0 Å². The molecule has 4 nitrogen and oxygen atoms in total. The van der Waals surface area contributed by atoms with E-state index in [0.717, 1.165) is 5.69 Å². The fourth-order valence-corrected chi connectivity index (χ4v) is 1.64. The maximum Gasteiger partial charge on any atom is 0.338 e. The van der Waals surface area contributed by atoms with E-state index in [9.17, 15) is 4.79 Å². The molecular formula is C14H14N2O2. The predicted octanol–water partition coefficient (Wildman–Crippen LogP) is 2.63. The van der Waals surface area contributed by atoms with E-state index in [2.05, 4.69) is 9.97 Å². The van der Waals surface area contributed by atoms with E-state index in [1.807, 2.05) is 25.1 Å². The number of aryl methyl sites for hydroxylation is 1. The highest BCUT2D eigenvalue weighted by Gasteiger charge is 2.14. The maximum atomic E-state index is 11.8. The molecule has 1 aromatic carbocycles. The lowest BCUT2D eigenvalue weighted by Crippen LogP contribution is -2.07. The third-order valence-electron chi connectivity index (χ3n) is 2.46. The molecule has 92 valence electrons. The largest absolute Gasteiger partial charge is 0.462 e. The van der Waals surface area contributed by atoms with Crippen LogP contribution in [-0.4, -0.2) is 22.5 Å². The van der Waals surface area contributed by atoms with Crippen molar-refractivity contribution in [3.05, 3.63) is 47.8 Å². The molecule has 0 aliphatic rings. The molecule has 0 saturated carbocycles. The Morgan fingerprint density at radius 3 is 2.78 bits per heavy atom. The number of carbonyl (C=O) groups excluding carboxylic acids is 1. The highest BCUT2D eigenvalue weighted by molar-refractivity contribution is 5.96. The lowest BCUT2D eigenvalue weighted by Gasteiger charge is -2.07. The molecule has 0 amide bonds. The van der Waals surface area contributed by atoms with Crippen LogP contribution in [-0.2, 0) is 4.74 Å². The molecule has 0 radical (unpaired) electrons. The summed E-state index contributed by atoms with van der Waals surface area (Å²) in [4.78, 5) is 20.4. The molecule has 18 heavy (non-hydrogen) atoms. The molecule has 0 fully saturated rings. The van der Waals surface area contributed by atoms with Crippen LogP contribution in [0.15, 0.2) is 36.5 Å². The molecule has 4 heteroatoms. The molecule has 0 N–H and O–H groups in total. The van der Waals surface area contributed by atoms with E-state index in [4.69, 9.17) is 4.74 Å². The predicted molar refractivity (Wildman–Crippen MR) is 68.2 cm³/mol. The Labute approximate surface area is 106 Å². The normalized spacial score (nSPS) is 10.1. The van der Waals surface area contributed by atoms with E-state index in [-0.39, 0.29) is 5.97 Å². The molecule has 0 unspecified atom stereocenters. The van der Waals surface area contributed by atoms with Crippen molar-refractivity contribution in [2.24, 2.45) is 0 Å². The summed E-state index contributed by atoms with van der Waals surface area (Å²) in [5, 5.41) is 0. The molecule has 0 spiro atoms. The van der Waals surface area contributed by atoms with Crippen LogP contribution in [0.1, 0.15) is 23.0 Å². The van der Waals surface area contributed by atoms with Gasteiger partial charge in [-0.05, 0) is 26.0 Å². The van der Waals surface area contributed by atoms with Crippen molar-refractivity contribution in [3.63, 3.8) is 0 Å². The Bertz CT molecular complexity index is 567. The van der Waals surface area contributed by atoms with Crippen molar-refractivity contribution in [2.75, 3.05) is 6.61 Å². The number of hydrogen-bond donors (Lipinski definition) is 0. The zero-order valence-corrected chi connectivity index (χ0v) is 10.4. The van der Waals surface area contributed by atoms with Gasteiger partial charge in [-0.25, -0.2) is 14.8 Å². The average Bonchev–Trinajstić information content (AvgIpc) is 2.39. The van der Waals surface area contributed by atoms with Crippen LogP contribution >= 0.6 is 0 Å². The summed E-state index contributed by atoms with van der Waals surface area (Å²) in [5.41, 5.74) is 2.04. The first-order valence-corrected chi connectivity index (χ1v) is 5.78. The molecule has 0 aliphatic heterocycles. The molecule has 1 aromatic heterocycles. The van der Waals surface area contributed by atoms with Gasteiger partial charge in [0.25, 0.3) is 0 Å². The lowest BCUT2D eigenvalue weighted by molar-refractivity contribution is 0.0527. The van der Waals surface area contributed by atoms with Crippen LogP contribution in [0.5, 0.6) is 0 Å². The number of carbonyl (C=O) groups is 1. The zero-order chi connectivity index (χ0) is 13.0. The first kappa shape index (κ1) is 12.2. The van der Waals surface area contributed by atoms with Gasteiger partial charge in [0, 0.05) is 17.5 Å². The zero-order valence-electron chi connectivity index (χ0n) is 10.4. The van der Waals surface area contributed by atoms with Gasteiger partial charge in [-0.1, -0.05) is 18.2 Å². The van der Waals surface area contributed by atoms with Gasteiger partial charge in [0.1, 0.15) is 0 Å². The quantitative estimate of drug-likeness (QED) is 0.776. The minimum Gasteiger partial charge on any atom is -0.462 e. The van der Waals surface area contributed by atoms with E-state index in [0.29, 0.717) is 23.6 Å². The van der Waals surface area contributed by atoms with E-state index in [1.165, 1.54) is 0 Å². The number of ether oxygens (including phenoxy) is 1. The summed E-state index contributed by atoms with van der Waals surface area (Å²) < 4.78 is 5.03. The second-order valence-electron chi connectivity index (χ2n) is 3.79. The first-order chi connectivity index (χ1) is 8.72. The van der Waals surface area contributed by atoms with Gasteiger partial charge >= 0.3 is 5.97 Å². The van der Waals surface area contributed by atoms with Crippen molar-refractivity contribution in [3.8, 4) is 11.4 Å². The van der Waals surface area contributed by atoms with Crippen LogP contribution in [0, 0.1) is 6.92 Å². The molecule has 0 bridgehead atoms. The molecule has 0 atom stereocenters. The first-order valence-electron chi connectivity index (χ1n) is 5.78. The van der Waals surface area contributed by atoms with Gasteiger partial charge in [-0.15, -0.1) is 0 Å². The van der Waals surface area contributed by atoms with Crippen molar-refractivity contribution in [2.45, 2.75) is 13.8 Å². The molecular weight excluding hydrogens is 228 g/mol. The SMILES string of the molecule is CCOC(=O)c1ccccc1-c1nccc(C)n1. The summed E-state index contributed by atoms with van der Waals surface area (Å²) in [5.74, 6) is 0.192. The number of nitrogens with zero attached hydrogens (tertiary/aromatic N) is 2. The van der Waals surface area contributed by atoms with Gasteiger partial charge in [0.05, 0.1) is 12.2 Å². The second kappa shape index (κ2) is 5.40. The molecule has 1 heterocycles. The average molecular weight is 242 g/mol. The molecule has 0 saturated heterocycles. The number of hydrogen-bond acceptors (Lipinski definition) is 4. The highest BCUT2D eigenvalue weighted by Crippen LogP contribution is 2.20. The van der Waals surface area contributed by atoms with E-state index < -0.39 is 0 Å². The Hall–Kier alpha value is -2.23. The van der Waals surface area contributed by atoms with Crippen LogP contribution in [0.3, 0.4) is 0 Å². The topological polar surface area (TPSA) is 52.1 Å². The minimum absolute atomic E-state index is 0.349. The monoisotopic (exact) mass is 242 g/mol. The van der Waals surface area contributed by atoms with Crippen LogP contribution < -0.4 is 0 Å². The summed E-state index contributed by atoms with van der Waals surface area (Å²) in [6.07, 6.45) is 1.68. The maximum absolute atomic E-state index is 11.8. The number of aromatic nitrogens is 2. The van der Waals surface area contributed by atoms with Crippen molar-refractivity contribution in [1.29, 1.82) is 0 Å². The smallest absolute Gasteiger partial charge is 0.338 e. The molecule has 2 rings (SSSR count). The Balaban J connectivity index is 2.48. The third kappa shape index (κ3) is 2.53. The summed E-state index contributed by atoms with van der Waals surface area (Å²) in [7, 11) is 0. The summed E-state index contributed by atoms with van der Waals surface area (Å²) in [6, 6.07) is 9.01. The van der Waals surface area contributed by atoms with Crippen molar-refractivity contribution < 1.29 is 9.53 Å². The van der Waals surface area contributed by atoms with Crippen LogP contribution in [0.25, 0.3) is 11.4 Å². The van der Waals surface area contributed by atoms with Gasteiger partial charge in [-0.3, -0.25) is 0 Å². The van der Waals surface area contributed by atoms with Gasteiger partial charge in [0.15, 0.2) is 5.82 Å². The van der Waals surface area contributed by atoms with Crippen LogP contribution in [0.2, 0.25) is 0 Å². The Morgan fingerprint density at radius 1 is 1.28 bits per heavy atom. The molecule has 0 aliphatic carbocycles. The van der Waals surface area contributed by atoms with E-state index >= 15 is 0 Å². The summed E-state index contributed by atoms with van der Waals surface area (Å²) >= 11 is 0. The second-order valence-corrected chi connectivity index (χ2v) is 3.79. The van der Waals surface area contributed by atoms with Crippen molar-refractivity contribution in [1.82, 2.24) is 9.97 Å². The van der Waals surface area contributed by atoms with Crippen LogP contribution in [0.4, 0.5) is 0 Å².